The number of benzene rings is 5. The number of nitrogens with zero attached hydrogens (tertiary/aromatic N) is 1. The van der Waals surface area contributed by atoms with E-state index in [2.05, 4.69) is 26.2 Å². The van der Waals surface area contributed by atoms with Crippen molar-refractivity contribution in [3.8, 4) is 11.3 Å². The van der Waals surface area contributed by atoms with Gasteiger partial charge in [-0.1, -0.05) is 111 Å². The maximum absolute atomic E-state index is 12.5. The molecule has 0 spiro atoms. The first kappa shape index (κ1) is 42.3. The number of aryl methyl sites for hydroxylation is 2. The third-order valence-electron chi connectivity index (χ3n) is 6.93. The smallest absolute Gasteiger partial charge is 0.416 e. The predicted molar refractivity (Wildman–Crippen MR) is 211 cm³/mol. The first-order chi connectivity index (χ1) is 25.1. The summed E-state index contributed by atoms with van der Waals surface area (Å²) in [5.41, 5.74) is 16.4. The Morgan fingerprint density at radius 2 is 1.38 bits per heavy atom. The lowest BCUT2D eigenvalue weighted by atomic mass is 10.1. The van der Waals surface area contributed by atoms with E-state index in [1.54, 1.807) is 42.5 Å². The molecule has 0 saturated heterocycles. The van der Waals surface area contributed by atoms with Gasteiger partial charge in [-0.15, -0.1) is 0 Å². The van der Waals surface area contributed by atoms with E-state index in [1.807, 2.05) is 68.4 Å². The fourth-order valence-electron chi connectivity index (χ4n) is 4.19. The number of amides is 1. The predicted octanol–water partition coefficient (Wildman–Crippen LogP) is 11.3. The Labute approximate surface area is 324 Å². The SMILES string of the molecule is Cc1ccc(CC(N)=O)cc1.Cc1ccc(N)cc1.FC(F)(F)c1ccc(Nc2nc(-c3cccc(Cl)c3)co2)cc1.O=C(CBr)c1cccc(Cl)c1. The second-order valence-corrected chi connectivity index (χ2v) is 12.8. The van der Waals surface area contributed by atoms with Crippen LogP contribution in [-0.2, 0) is 17.4 Å². The zero-order valence-corrected chi connectivity index (χ0v) is 31.7. The van der Waals surface area contributed by atoms with Crippen molar-refractivity contribution in [3.05, 3.63) is 165 Å². The van der Waals surface area contributed by atoms with Gasteiger partial charge in [0.25, 0.3) is 6.01 Å². The van der Waals surface area contributed by atoms with Crippen molar-refractivity contribution in [3.63, 3.8) is 0 Å². The van der Waals surface area contributed by atoms with Gasteiger partial charge in [0, 0.05) is 32.5 Å². The van der Waals surface area contributed by atoms with Gasteiger partial charge in [0.15, 0.2) is 5.78 Å². The molecule has 0 aliphatic carbocycles. The molecule has 0 fully saturated rings. The summed E-state index contributed by atoms with van der Waals surface area (Å²) in [5, 5.41) is 4.32. The number of aromatic nitrogens is 1. The van der Waals surface area contributed by atoms with Gasteiger partial charge >= 0.3 is 6.18 Å². The number of Topliss-reactive ketones (excluding diaryl/α,β-unsaturated/α-hetero) is 1. The number of hydrogen-bond donors (Lipinski definition) is 3. The van der Waals surface area contributed by atoms with Crippen molar-refractivity contribution in [1.29, 1.82) is 0 Å². The van der Waals surface area contributed by atoms with E-state index < -0.39 is 11.7 Å². The number of hydrogen-bond acceptors (Lipinski definition) is 6. The Morgan fingerprint density at radius 3 is 1.89 bits per heavy atom. The molecule has 0 aliphatic rings. The van der Waals surface area contributed by atoms with Gasteiger partial charge in [0.05, 0.1) is 17.3 Å². The molecule has 276 valence electrons. The number of nitrogen functional groups attached to an aromatic ring is 1. The van der Waals surface area contributed by atoms with Crippen molar-refractivity contribution < 1.29 is 27.2 Å². The van der Waals surface area contributed by atoms with Crippen LogP contribution >= 0.6 is 39.1 Å². The average molecular weight is 829 g/mol. The minimum atomic E-state index is -4.36. The summed E-state index contributed by atoms with van der Waals surface area (Å²) in [6, 6.07) is 34.3. The van der Waals surface area contributed by atoms with Gasteiger partial charge in [-0.05, 0) is 80.1 Å². The second kappa shape index (κ2) is 20.8. The zero-order valence-electron chi connectivity index (χ0n) is 28.6. The molecule has 0 atom stereocenters. The van der Waals surface area contributed by atoms with Gasteiger partial charge in [-0.25, -0.2) is 0 Å². The first-order valence-corrected chi connectivity index (χ1v) is 17.7. The summed E-state index contributed by atoms with van der Waals surface area (Å²) in [5.74, 6) is -0.235. The minimum absolute atomic E-state index is 0.0486. The molecule has 6 aromatic rings. The fourth-order valence-corrected chi connectivity index (χ4v) is 4.89. The van der Waals surface area contributed by atoms with Crippen LogP contribution in [0.15, 0.2) is 132 Å². The van der Waals surface area contributed by atoms with Crippen LogP contribution in [0.1, 0.15) is 32.6 Å². The molecule has 0 saturated carbocycles. The van der Waals surface area contributed by atoms with Crippen molar-refractivity contribution in [1.82, 2.24) is 4.98 Å². The second-order valence-electron chi connectivity index (χ2n) is 11.4. The molecule has 1 heterocycles. The van der Waals surface area contributed by atoms with Gasteiger partial charge in [0.1, 0.15) is 12.0 Å². The highest BCUT2D eigenvalue weighted by Gasteiger charge is 2.30. The molecule has 1 aromatic heterocycles. The number of halogens is 6. The van der Waals surface area contributed by atoms with E-state index in [-0.39, 0.29) is 17.7 Å². The van der Waals surface area contributed by atoms with E-state index in [9.17, 15) is 22.8 Å². The molecular formula is C40H36BrCl2F3N4O3. The number of alkyl halides is 4. The first-order valence-electron chi connectivity index (χ1n) is 15.8. The molecule has 0 radical (unpaired) electrons. The van der Waals surface area contributed by atoms with Crippen LogP contribution in [0.5, 0.6) is 0 Å². The highest BCUT2D eigenvalue weighted by Crippen LogP contribution is 2.31. The Hall–Kier alpha value is -5.10. The number of rotatable bonds is 7. The van der Waals surface area contributed by atoms with Crippen LogP contribution in [0.25, 0.3) is 11.3 Å². The van der Waals surface area contributed by atoms with Crippen LogP contribution in [-0.4, -0.2) is 22.0 Å². The summed E-state index contributed by atoms with van der Waals surface area (Å²) in [7, 11) is 0. The highest BCUT2D eigenvalue weighted by atomic mass is 79.9. The van der Waals surface area contributed by atoms with E-state index in [1.165, 1.54) is 29.5 Å². The fraction of sp³-hybridized carbons (Fsp3) is 0.125. The van der Waals surface area contributed by atoms with Gasteiger partial charge < -0.3 is 21.2 Å². The lowest BCUT2D eigenvalue weighted by molar-refractivity contribution is -0.137. The van der Waals surface area contributed by atoms with Crippen molar-refractivity contribution in [2.24, 2.45) is 5.73 Å². The maximum atomic E-state index is 12.5. The standard InChI is InChI=1S/C16H10ClF3N2O.C9H11NO.C8H6BrClO.C7H9N/c17-12-3-1-2-10(8-12)14-9-23-15(22-14)21-13-6-4-11(5-7-13)16(18,19)20;1-7-2-4-8(5-3-7)6-9(10)11;9-5-8(11)6-2-1-3-7(10)4-6;1-6-2-4-7(8)5-3-6/h1-9H,(H,21,22);2-5H,6H2,1H3,(H2,10,11);1-4H,5H2;2-5H,8H2,1H3. The number of nitrogens with two attached hydrogens (primary N) is 2. The number of nitrogens with one attached hydrogen (secondary N) is 1. The van der Waals surface area contributed by atoms with Crippen LogP contribution in [0.3, 0.4) is 0 Å². The molecular weight excluding hydrogens is 792 g/mol. The molecule has 0 bridgehead atoms. The molecule has 5 N–H and O–H groups in total. The summed E-state index contributed by atoms with van der Waals surface area (Å²) < 4.78 is 42.8. The number of ketones is 1. The topological polar surface area (TPSA) is 124 Å². The summed E-state index contributed by atoms with van der Waals surface area (Å²) in [6.07, 6.45) is -2.58. The van der Waals surface area contributed by atoms with Crippen LogP contribution < -0.4 is 16.8 Å². The highest BCUT2D eigenvalue weighted by molar-refractivity contribution is 9.09. The van der Waals surface area contributed by atoms with Crippen LogP contribution in [0.2, 0.25) is 10.0 Å². The Balaban J connectivity index is 0.000000211. The molecule has 13 heteroatoms. The minimum Gasteiger partial charge on any atom is -0.431 e. The lowest BCUT2D eigenvalue weighted by Gasteiger charge is -2.07. The molecule has 6 rings (SSSR count). The maximum Gasteiger partial charge on any atom is 0.416 e. The van der Waals surface area contributed by atoms with E-state index in [0.29, 0.717) is 38.7 Å². The van der Waals surface area contributed by atoms with Gasteiger partial charge in [0.2, 0.25) is 5.91 Å². The number of carbonyl (C=O) groups is 2. The molecule has 5 aromatic carbocycles. The zero-order chi connectivity index (χ0) is 39.0. The van der Waals surface area contributed by atoms with E-state index in [4.69, 9.17) is 39.1 Å². The van der Waals surface area contributed by atoms with Crippen molar-refractivity contribution in [2.45, 2.75) is 26.4 Å². The summed E-state index contributed by atoms with van der Waals surface area (Å²) in [4.78, 5) is 25.8. The third kappa shape index (κ3) is 15.6. The number of carbonyl (C=O) groups excluding carboxylic acids is 2. The molecule has 1 amide bonds. The average Bonchev–Trinajstić information content (AvgIpc) is 3.59. The summed E-state index contributed by atoms with van der Waals surface area (Å²) >= 11 is 14.7. The third-order valence-corrected chi connectivity index (χ3v) is 7.91. The number of oxazole rings is 1. The number of anilines is 3. The normalized spacial score (nSPS) is 10.3. The van der Waals surface area contributed by atoms with Crippen molar-refractivity contribution in [2.75, 3.05) is 16.4 Å². The van der Waals surface area contributed by atoms with Crippen LogP contribution in [0.4, 0.5) is 30.6 Å². The van der Waals surface area contributed by atoms with Gasteiger partial charge in [-0.2, -0.15) is 18.2 Å². The van der Waals surface area contributed by atoms with Gasteiger partial charge in [-0.3, -0.25) is 9.59 Å². The largest absolute Gasteiger partial charge is 0.431 e. The van der Waals surface area contributed by atoms with Crippen LogP contribution in [0, 0.1) is 13.8 Å². The Kier molecular flexibility index (Phi) is 16.6. The molecule has 0 unspecified atom stereocenters. The Bertz CT molecular complexity index is 2040. The van der Waals surface area contributed by atoms with E-state index >= 15 is 0 Å². The Morgan fingerprint density at radius 1 is 0.811 bits per heavy atom. The number of primary amides is 1. The monoisotopic (exact) mass is 826 g/mol. The van der Waals surface area contributed by atoms with Crippen molar-refractivity contribution >= 4 is 68.2 Å². The molecule has 53 heavy (non-hydrogen) atoms. The molecule has 0 aliphatic heterocycles. The summed E-state index contributed by atoms with van der Waals surface area (Å²) in [6.45, 7) is 4.05. The van der Waals surface area contributed by atoms with E-state index in [0.717, 1.165) is 28.9 Å². The lowest BCUT2D eigenvalue weighted by Crippen LogP contribution is -2.13. The quantitative estimate of drug-likeness (QED) is 0.0836. The molecule has 7 nitrogen and oxygen atoms in total.